The molecule has 0 aliphatic carbocycles. The Morgan fingerprint density at radius 2 is 2.10 bits per heavy atom. The number of pyridine rings is 1. The van der Waals surface area contributed by atoms with Gasteiger partial charge < -0.3 is 5.11 Å². The average molecular weight is 291 g/mol. The van der Waals surface area contributed by atoms with Crippen LogP contribution in [0.1, 0.15) is 21.6 Å². The van der Waals surface area contributed by atoms with Crippen molar-refractivity contribution in [3.8, 4) is 0 Å². The minimum Gasteiger partial charge on any atom is -0.478 e. The Balaban J connectivity index is 2.04. The minimum atomic E-state index is -0.972. The lowest BCUT2D eigenvalue weighted by atomic mass is 10.1. The Hall–Kier alpha value is -1.91. The third-order valence-corrected chi connectivity index (χ3v) is 3.25. The van der Waals surface area contributed by atoms with Gasteiger partial charge in [0.1, 0.15) is 0 Å². The monoisotopic (exact) mass is 290 g/mol. The molecule has 2 aromatic rings. The standard InChI is InChI=1S/C15H15ClN2O2/c1-18(10-13-4-2-3-7-17-13)9-12-6-5-11(15(19)20)8-14(12)16/h2-8H,9-10H2,1H3,(H,19,20). The molecular formula is C15H15ClN2O2. The van der Waals surface area contributed by atoms with E-state index in [0.717, 1.165) is 11.3 Å². The third kappa shape index (κ3) is 3.79. The zero-order valence-electron chi connectivity index (χ0n) is 11.1. The maximum Gasteiger partial charge on any atom is 0.335 e. The van der Waals surface area contributed by atoms with Gasteiger partial charge in [0.2, 0.25) is 0 Å². The largest absolute Gasteiger partial charge is 0.478 e. The molecular weight excluding hydrogens is 276 g/mol. The van der Waals surface area contributed by atoms with Crippen LogP contribution in [0.5, 0.6) is 0 Å². The SMILES string of the molecule is CN(Cc1ccccn1)Cc1ccc(C(=O)O)cc1Cl. The van der Waals surface area contributed by atoms with Crippen molar-refractivity contribution in [2.45, 2.75) is 13.1 Å². The molecule has 0 spiro atoms. The fraction of sp³-hybridized carbons (Fsp3) is 0.200. The zero-order valence-corrected chi connectivity index (χ0v) is 11.8. The predicted molar refractivity (Wildman–Crippen MR) is 77.8 cm³/mol. The highest BCUT2D eigenvalue weighted by Gasteiger charge is 2.09. The molecule has 4 nitrogen and oxygen atoms in total. The van der Waals surface area contributed by atoms with Gasteiger partial charge in [-0.1, -0.05) is 23.7 Å². The summed E-state index contributed by atoms with van der Waals surface area (Å²) in [5.41, 5.74) is 2.08. The number of aromatic carboxylic acids is 1. The quantitative estimate of drug-likeness (QED) is 0.919. The van der Waals surface area contributed by atoms with Gasteiger partial charge in [0, 0.05) is 24.3 Å². The van der Waals surface area contributed by atoms with Crippen LogP contribution in [0.25, 0.3) is 0 Å². The molecule has 0 unspecified atom stereocenters. The van der Waals surface area contributed by atoms with Gasteiger partial charge in [-0.3, -0.25) is 9.88 Å². The van der Waals surface area contributed by atoms with Crippen molar-refractivity contribution in [2.24, 2.45) is 0 Å². The van der Waals surface area contributed by atoms with Gasteiger partial charge in [-0.25, -0.2) is 4.79 Å². The summed E-state index contributed by atoms with van der Waals surface area (Å²) in [6.07, 6.45) is 1.76. The number of carbonyl (C=O) groups is 1. The molecule has 1 N–H and O–H groups in total. The number of aromatic nitrogens is 1. The summed E-state index contributed by atoms with van der Waals surface area (Å²) < 4.78 is 0. The molecule has 0 bridgehead atoms. The molecule has 0 saturated heterocycles. The smallest absolute Gasteiger partial charge is 0.335 e. The molecule has 1 heterocycles. The second-order valence-electron chi connectivity index (χ2n) is 4.60. The summed E-state index contributed by atoms with van der Waals surface area (Å²) in [5, 5.41) is 9.37. The number of benzene rings is 1. The lowest BCUT2D eigenvalue weighted by Crippen LogP contribution is -2.18. The van der Waals surface area contributed by atoms with Crippen molar-refractivity contribution in [3.05, 3.63) is 64.4 Å². The van der Waals surface area contributed by atoms with Crippen molar-refractivity contribution >= 4 is 17.6 Å². The summed E-state index contributed by atoms with van der Waals surface area (Å²) in [6, 6.07) is 10.6. The molecule has 0 saturated carbocycles. The Labute approximate surface area is 122 Å². The van der Waals surface area contributed by atoms with Crippen molar-refractivity contribution < 1.29 is 9.90 Å². The highest BCUT2D eigenvalue weighted by Crippen LogP contribution is 2.20. The van der Waals surface area contributed by atoms with Crippen molar-refractivity contribution in [2.75, 3.05) is 7.05 Å². The number of hydrogen-bond acceptors (Lipinski definition) is 3. The Bertz CT molecular complexity index is 602. The van der Waals surface area contributed by atoms with Crippen LogP contribution >= 0.6 is 11.6 Å². The number of carboxylic acids is 1. The highest BCUT2D eigenvalue weighted by molar-refractivity contribution is 6.31. The van der Waals surface area contributed by atoms with Gasteiger partial charge in [-0.15, -0.1) is 0 Å². The van der Waals surface area contributed by atoms with Gasteiger partial charge in [0.25, 0.3) is 0 Å². The first kappa shape index (κ1) is 14.5. The molecule has 0 radical (unpaired) electrons. The second-order valence-corrected chi connectivity index (χ2v) is 5.01. The molecule has 0 amide bonds. The first-order chi connectivity index (χ1) is 9.56. The molecule has 2 rings (SSSR count). The first-order valence-corrected chi connectivity index (χ1v) is 6.54. The van der Waals surface area contributed by atoms with Crippen LogP contribution < -0.4 is 0 Å². The van der Waals surface area contributed by atoms with E-state index >= 15 is 0 Å². The summed E-state index contributed by atoms with van der Waals surface area (Å²) in [4.78, 5) is 17.2. The molecule has 0 aliphatic heterocycles. The van der Waals surface area contributed by atoms with Gasteiger partial charge in [-0.2, -0.15) is 0 Å². The summed E-state index contributed by atoms with van der Waals surface area (Å²) in [7, 11) is 1.97. The van der Waals surface area contributed by atoms with E-state index in [2.05, 4.69) is 9.88 Å². The first-order valence-electron chi connectivity index (χ1n) is 6.16. The minimum absolute atomic E-state index is 0.200. The molecule has 104 valence electrons. The summed E-state index contributed by atoms with van der Waals surface area (Å²) in [5.74, 6) is -0.972. The number of carboxylic acid groups (broad SMARTS) is 1. The molecule has 0 atom stereocenters. The van der Waals surface area contributed by atoms with Crippen LogP contribution in [0.4, 0.5) is 0 Å². The van der Waals surface area contributed by atoms with Crippen molar-refractivity contribution in [1.82, 2.24) is 9.88 Å². The van der Waals surface area contributed by atoms with Crippen LogP contribution in [0.3, 0.4) is 0 Å². The van der Waals surface area contributed by atoms with Crippen LogP contribution in [0, 0.1) is 0 Å². The number of nitrogens with zero attached hydrogens (tertiary/aromatic N) is 2. The molecule has 1 aromatic heterocycles. The van der Waals surface area contributed by atoms with Crippen LogP contribution in [0.15, 0.2) is 42.6 Å². The number of hydrogen-bond donors (Lipinski definition) is 1. The van der Waals surface area contributed by atoms with E-state index in [0.29, 0.717) is 18.1 Å². The van der Waals surface area contributed by atoms with E-state index < -0.39 is 5.97 Å². The fourth-order valence-corrected chi connectivity index (χ4v) is 2.16. The third-order valence-electron chi connectivity index (χ3n) is 2.90. The summed E-state index contributed by atoms with van der Waals surface area (Å²) in [6.45, 7) is 1.34. The molecule has 1 aromatic carbocycles. The van der Waals surface area contributed by atoms with Crippen LogP contribution in [-0.2, 0) is 13.1 Å². The summed E-state index contributed by atoms with van der Waals surface area (Å²) >= 11 is 6.11. The van der Waals surface area contributed by atoms with E-state index in [1.165, 1.54) is 6.07 Å². The van der Waals surface area contributed by atoms with E-state index in [1.54, 1.807) is 18.3 Å². The average Bonchev–Trinajstić information content (AvgIpc) is 2.42. The van der Waals surface area contributed by atoms with Gasteiger partial charge in [0.15, 0.2) is 0 Å². The highest BCUT2D eigenvalue weighted by atomic mass is 35.5. The van der Waals surface area contributed by atoms with Gasteiger partial charge in [-0.05, 0) is 36.9 Å². The lowest BCUT2D eigenvalue weighted by Gasteiger charge is -2.17. The van der Waals surface area contributed by atoms with Gasteiger partial charge >= 0.3 is 5.97 Å². The van der Waals surface area contributed by atoms with Gasteiger partial charge in [0.05, 0.1) is 11.3 Å². The second kappa shape index (κ2) is 6.50. The normalized spacial score (nSPS) is 10.8. The van der Waals surface area contributed by atoms with E-state index in [4.69, 9.17) is 16.7 Å². The molecule has 0 fully saturated rings. The Morgan fingerprint density at radius 1 is 1.30 bits per heavy atom. The van der Waals surface area contributed by atoms with Crippen LogP contribution in [0.2, 0.25) is 5.02 Å². The maximum absolute atomic E-state index is 10.9. The van der Waals surface area contributed by atoms with Crippen molar-refractivity contribution in [1.29, 1.82) is 0 Å². The Morgan fingerprint density at radius 3 is 2.70 bits per heavy atom. The number of halogens is 1. The zero-order chi connectivity index (χ0) is 14.5. The topological polar surface area (TPSA) is 53.4 Å². The molecule has 5 heteroatoms. The van der Waals surface area contributed by atoms with E-state index in [9.17, 15) is 4.79 Å². The van der Waals surface area contributed by atoms with Crippen molar-refractivity contribution in [3.63, 3.8) is 0 Å². The fourth-order valence-electron chi connectivity index (χ4n) is 1.92. The Kier molecular flexibility index (Phi) is 4.71. The molecule has 0 aliphatic rings. The maximum atomic E-state index is 10.9. The van der Waals surface area contributed by atoms with E-state index in [1.807, 2.05) is 25.2 Å². The van der Waals surface area contributed by atoms with E-state index in [-0.39, 0.29) is 5.56 Å². The molecule has 20 heavy (non-hydrogen) atoms. The number of rotatable bonds is 5. The van der Waals surface area contributed by atoms with Crippen LogP contribution in [-0.4, -0.2) is 28.0 Å². The predicted octanol–water partition coefficient (Wildman–Crippen LogP) is 3.07. The lowest BCUT2D eigenvalue weighted by molar-refractivity contribution is 0.0697.